The van der Waals surface area contributed by atoms with Gasteiger partial charge in [-0.05, 0) is 26.8 Å². The predicted molar refractivity (Wildman–Crippen MR) is 78.3 cm³/mol. The minimum Gasteiger partial charge on any atom is -0.343 e. The Morgan fingerprint density at radius 2 is 2.05 bits per heavy atom. The van der Waals surface area contributed by atoms with E-state index in [4.69, 9.17) is 0 Å². The van der Waals surface area contributed by atoms with Gasteiger partial charge in [0.05, 0.1) is 6.54 Å². The van der Waals surface area contributed by atoms with Gasteiger partial charge < -0.3 is 5.32 Å². The number of hydrogen-bond donors (Lipinski definition) is 1. The molecule has 0 radical (unpaired) electrons. The summed E-state index contributed by atoms with van der Waals surface area (Å²) in [6.07, 6.45) is 0. The van der Waals surface area contributed by atoms with E-state index in [1.165, 1.54) is 11.3 Å². The number of aromatic nitrogens is 5. The van der Waals surface area contributed by atoms with Crippen LogP contribution in [0.5, 0.6) is 0 Å². The Kier molecular flexibility index (Phi) is 3.38. The van der Waals surface area contributed by atoms with Crippen LogP contribution < -0.4 is 5.32 Å². The van der Waals surface area contributed by atoms with Crippen LogP contribution in [0, 0.1) is 20.8 Å². The van der Waals surface area contributed by atoms with Gasteiger partial charge in [-0.15, -0.1) is 16.4 Å². The number of nitrogens with zero attached hydrogens (tertiary/aromatic N) is 5. The van der Waals surface area contributed by atoms with Crippen molar-refractivity contribution in [2.45, 2.75) is 27.3 Å². The summed E-state index contributed by atoms with van der Waals surface area (Å²) < 4.78 is 1.56. The van der Waals surface area contributed by atoms with Crippen molar-refractivity contribution in [2.75, 3.05) is 0 Å². The van der Waals surface area contributed by atoms with E-state index in [2.05, 4.69) is 25.4 Å². The predicted octanol–water partition coefficient (Wildman–Crippen LogP) is 1.44. The Morgan fingerprint density at radius 3 is 2.76 bits per heavy atom. The number of aryl methyl sites for hydroxylation is 3. The second kappa shape index (κ2) is 5.21. The van der Waals surface area contributed by atoms with E-state index in [0.717, 1.165) is 22.1 Å². The SMILES string of the molecule is Cc1csc(CNC(=O)c2nc3nc(C)cc(C)n3n2)n1. The topological polar surface area (TPSA) is 85.1 Å². The van der Waals surface area contributed by atoms with Crippen molar-refractivity contribution >= 4 is 23.0 Å². The quantitative estimate of drug-likeness (QED) is 0.791. The number of amides is 1. The second-order valence-corrected chi connectivity index (χ2v) is 5.69. The van der Waals surface area contributed by atoms with E-state index >= 15 is 0 Å². The molecule has 1 N–H and O–H groups in total. The molecule has 0 spiro atoms. The van der Waals surface area contributed by atoms with Crippen molar-refractivity contribution in [3.8, 4) is 0 Å². The molecule has 0 aliphatic rings. The summed E-state index contributed by atoms with van der Waals surface area (Å²) in [7, 11) is 0. The second-order valence-electron chi connectivity index (χ2n) is 4.75. The van der Waals surface area contributed by atoms with Crippen molar-refractivity contribution < 1.29 is 4.79 Å². The number of thiazole rings is 1. The van der Waals surface area contributed by atoms with Gasteiger partial charge in [-0.2, -0.15) is 4.98 Å². The third kappa shape index (κ3) is 2.75. The fraction of sp³-hybridized carbons (Fsp3) is 0.308. The fourth-order valence-corrected chi connectivity index (χ4v) is 2.69. The van der Waals surface area contributed by atoms with Gasteiger partial charge in [0.1, 0.15) is 5.01 Å². The third-order valence-electron chi connectivity index (χ3n) is 2.89. The first kappa shape index (κ1) is 13.6. The Balaban J connectivity index is 1.80. The highest BCUT2D eigenvalue weighted by molar-refractivity contribution is 7.09. The number of hydrogen-bond acceptors (Lipinski definition) is 6. The molecule has 3 aromatic rings. The smallest absolute Gasteiger partial charge is 0.291 e. The number of nitrogens with one attached hydrogen (secondary N) is 1. The lowest BCUT2D eigenvalue weighted by Gasteiger charge is -1.98. The van der Waals surface area contributed by atoms with E-state index < -0.39 is 0 Å². The maximum atomic E-state index is 12.1. The number of carbonyl (C=O) groups is 1. The number of rotatable bonds is 3. The molecule has 0 atom stereocenters. The summed E-state index contributed by atoms with van der Waals surface area (Å²) in [5.41, 5.74) is 2.68. The average molecular weight is 302 g/mol. The van der Waals surface area contributed by atoms with Gasteiger partial charge in [-0.1, -0.05) is 0 Å². The van der Waals surface area contributed by atoms with E-state index in [-0.39, 0.29) is 11.7 Å². The molecule has 7 nitrogen and oxygen atoms in total. The third-order valence-corrected chi connectivity index (χ3v) is 3.85. The van der Waals surface area contributed by atoms with Gasteiger partial charge in [0, 0.05) is 22.5 Å². The average Bonchev–Trinajstić information content (AvgIpc) is 3.02. The molecule has 0 aliphatic heterocycles. The molecule has 0 fully saturated rings. The minimum absolute atomic E-state index is 0.115. The van der Waals surface area contributed by atoms with Crippen molar-refractivity contribution in [2.24, 2.45) is 0 Å². The lowest BCUT2D eigenvalue weighted by molar-refractivity contribution is 0.0940. The van der Waals surface area contributed by atoms with Crippen LogP contribution in [0.25, 0.3) is 5.78 Å². The molecule has 3 aromatic heterocycles. The summed E-state index contributed by atoms with van der Waals surface area (Å²) in [4.78, 5) is 24.8. The lowest BCUT2D eigenvalue weighted by atomic mass is 10.4. The Bertz CT molecular complexity index is 821. The van der Waals surface area contributed by atoms with Crippen molar-refractivity contribution in [3.05, 3.63) is 39.4 Å². The van der Waals surface area contributed by atoms with Crippen LogP contribution in [0.3, 0.4) is 0 Å². The van der Waals surface area contributed by atoms with Crippen LogP contribution in [-0.4, -0.2) is 30.5 Å². The van der Waals surface area contributed by atoms with Crippen LogP contribution in [0.15, 0.2) is 11.4 Å². The first-order chi connectivity index (χ1) is 10.0. The molecule has 0 saturated heterocycles. The van der Waals surface area contributed by atoms with Gasteiger partial charge in [-0.3, -0.25) is 4.79 Å². The first-order valence-electron chi connectivity index (χ1n) is 6.43. The van der Waals surface area contributed by atoms with Crippen molar-refractivity contribution in [3.63, 3.8) is 0 Å². The standard InChI is InChI=1S/C13H14N6OS/c1-7-4-9(3)19-13(16-7)17-11(18-19)12(20)14-5-10-15-8(2)6-21-10/h4,6H,5H2,1-3H3,(H,14,20). The maximum Gasteiger partial charge on any atom is 0.291 e. The molecule has 108 valence electrons. The van der Waals surface area contributed by atoms with Crippen molar-refractivity contribution in [1.82, 2.24) is 29.9 Å². The Labute approximate surface area is 125 Å². The summed E-state index contributed by atoms with van der Waals surface area (Å²) in [5.74, 6) is 0.220. The molecule has 3 rings (SSSR count). The molecule has 3 heterocycles. The van der Waals surface area contributed by atoms with E-state index in [1.54, 1.807) is 4.52 Å². The lowest BCUT2D eigenvalue weighted by Crippen LogP contribution is -2.24. The highest BCUT2D eigenvalue weighted by Gasteiger charge is 2.15. The molecule has 0 aliphatic carbocycles. The normalized spacial score (nSPS) is 11.0. The zero-order valence-electron chi connectivity index (χ0n) is 11.9. The zero-order chi connectivity index (χ0) is 15.0. The van der Waals surface area contributed by atoms with E-state index in [9.17, 15) is 4.79 Å². The van der Waals surface area contributed by atoms with Gasteiger partial charge >= 0.3 is 0 Å². The zero-order valence-corrected chi connectivity index (χ0v) is 12.7. The van der Waals surface area contributed by atoms with E-state index in [0.29, 0.717) is 12.3 Å². The highest BCUT2D eigenvalue weighted by Crippen LogP contribution is 2.09. The van der Waals surface area contributed by atoms with E-state index in [1.807, 2.05) is 32.2 Å². The number of carbonyl (C=O) groups excluding carboxylic acids is 1. The molecular weight excluding hydrogens is 288 g/mol. The Hall–Kier alpha value is -2.35. The Morgan fingerprint density at radius 1 is 1.24 bits per heavy atom. The minimum atomic E-state index is -0.328. The molecule has 8 heteroatoms. The molecule has 1 amide bonds. The van der Waals surface area contributed by atoms with Gasteiger partial charge in [0.15, 0.2) is 0 Å². The first-order valence-corrected chi connectivity index (χ1v) is 7.31. The molecule has 0 aromatic carbocycles. The van der Waals surface area contributed by atoms with Gasteiger partial charge in [0.25, 0.3) is 11.7 Å². The summed E-state index contributed by atoms with van der Waals surface area (Å²) >= 11 is 1.51. The van der Waals surface area contributed by atoms with Gasteiger partial charge in [0.2, 0.25) is 5.82 Å². The van der Waals surface area contributed by atoms with Crippen molar-refractivity contribution in [1.29, 1.82) is 0 Å². The molecule has 21 heavy (non-hydrogen) atoms. The van der Waals surface area contributed by atoms with Crippen LogP contribution in [-0.2, 0) is 6.54 Å². The molecular formula is C13H14N6OS. The summed E-state index contributed by atoms with van der Waals surface area (Å²) in [5, 5.41) is 9.75. The van der Waals surface area contributed by atoms with Crippen LogP contribution in [0.1, 0.15) is 32.7 Å². The van der Waals surface area contributed by atoms with Crippen LogP contribution in [0.2, 0.25) is 0 Å². The molecule has 0 bridgehead atoms. The number of fused-ring (bicyclic) bond motifs is 1. The fourth-order valence-electron chi connectivity index (χ4n) is 1.98. The summed E-state index contributed by atoms with van der Waals surface area (Å²) in [6, 6.07) is 1.89. The largest absolute Gasteiger partial charge is 0.343 e. The maximum absolute atomic E-state index is 12.1. The van der Waals surface area contributed by atoms with Crippen LogP contribution >= 0.6 is 11.3 Å². The molecule has 0 saturated carbocycles. The van der Waals surface area contributed by atoms with Gasteiger partial charge in [-0.25, -0.2) is 14.5 Å². The molecule has 0 unspecified atom stereocenters. The monoisotopic (exact) mass is 302 g/mol. The van der Waals surface area contributed by atoms with Crippen LogP contribution in [0.4, 0.5) is 0 Å². The highest BCUT2D eigenvalue weighted by atomic mass is 32.1. The summed E-state index contributed by atoms with van der Waals surface area (Å²) in [6.45, 7) is 6.07.